The summed E-state index contributed by atoms with van der Waals surface area (Å²) in [6, 6.07) is 14.0. The van der Waals surface area contributed by atoms with Crippen molar-refractivity contribution in [3.05, 3.63) is 65.2 Å². The van der Waals surface area contributed by atoms with Gasteiger partial charge in [0.15, 0.2) is 0 Å². The van der Waals surface area contributed by atoms with Gasteiger partial charge >= 0.3 is 0 Å². The molecule has 4 nitrogen and oxygen atoms in total. The number of sulfonamides is 1. The van der Waals surface area contributed by atoms with E-state index in [9.17, 15) is 13.2 Å². The van der Waals surface area contributed by atoms with E-state index in [0.717, 1.165) is 9.87 Å². The lowest BCUT2D eigenvalue weighted by molar-refractivity contribution is 0.101. The molecule has 0 spiro atoms. The van der Waals surface area contributed by atoms with Crippen LogP contribution < -0.4 is 4.31 Å². The number of hydrogen-bond acceptors (Lipinski definition) is 3. The summed E-state index contributed by atoms with van der Waals surface area (Å²) in [6.07, 6.45) is 0. The van der Waals surface area contributed by atoms with Gasteiger partial charge in [-0.25, -0.2) is 12.7 Å². The highest BCUT2D eigenvalue weighted by Gasteiger charge is 2.38. The Bertz CT molecular complexity index is 865. The van der Waals surface area contributed by atoms with Crippen LogP contribution in [-0.4, -0.2) is 14.3 Å². The number of nitrogens with zero attached hydrogens (tertiary/aromatic N) is 1. The monoisotopic (exact) mass is 329 g/mol. The number of benzene rings is 2. The Labute approximate surface area is 136 Å². The Kier molecular flexibility index (Phi) is 3.56. The molecular weight excluding hydrogens is 310 g/mol. The summed E-state index contributed by atoms with van der Waals surface area (Å²) < 4.78 is 25.9. The Balaban J connectivity index is 2.09. The summed E-state index contributed by atoms with van der Waals surface area (Å²) in [4.78, 5) is 12.7. The number of carbonyl (C=O) groups is 1. The first-order valence-corrected chi connectivity index (χ1v) is 9.07. The van der Waals surface area contributed by atoms with Crippen LogP contribution in [0.4, 0.5) is 5.69 Å². The van der Waals surface area contributed by atoms with Crippen molar-refractivity contribution in [1.29, 1.82) is 0 Å². The average Bonchev–Trinajstić information content (AvgIpc) is 2.75. The molecule has 0 radical (unpaired) electrons. The third-order valence-electron chi connectivity index (χ3n) is 3.99. The number of amides is 1. The predicted molar refractivity (Wildman–Crippen MR) is 91.0 cm³/mol. The minimum atomic E-state index is -3.67. The van der Waals surface area contributed by atoms with E-state index in [-0.39, 0.29) is 11.2 Å². The van der Waals surface area contributed by atoms with Crippen LogP contribution >= 0.6 is 0 Å². The van der Waals surface area contributed by atoms with Crippen LogP contribution in [0, 0.1) is 0 Å². The van der Waals surface area contributed by atoms with Crippen LogP contribution in [0.25, 0.3) is 0 Å². The van der Waals surface area contributed by atoms with E-state index >= 15 is 0 Å². The summed E-state index contributed by atoms with van der Waals surface area (Å²) in [7, 11) is -3.67. The molecule has 0 atom stereocenters. The molecule has 120 valence electrons. The molecular formula is C18H19NO3S. The van der Waals surface area contributed by atoms with E-state index in [1.54, 1.807) is 36.4 Å². The molecule has 5 heteroatoms. The first kappa shape index (κ1) is 15.7. The Morgan fingerprint density at radius 1 is 1.04 bits per heavy atom. The Morgan fingerprint density at radius 3 is 2.30 bits per heavy atom. The first-order valence-electron chi connectivity index (χ1n) is 7.46. The van der Waals surface area contributed by atoms with Gasteiger partial charge in [0, 0.05) is 5.56 Å². The molecule has 1 heterocycles. The smallest absolute Gasteiger partial charge is 0.268 e. The molecule has 0 bridgehead atoms. The van der Waals surface area contributed by atoms with Gasteiger partial charge in [-0.15, -0.1) is 0 Å². The maximum atomic E-state index is 12.7. The molecule has 0 saturated carbocycles. The van der Waals surface area contributed by atoms with Crippen molar-refractivity contribution in [3.63, 3.8) is 0 Å². The molecule has 0 unspecified atom stereocenters. The summed E-state index contributed by atoms with van der Waals surface area (Å²) >= 11 is 0. The molecule has 0 saturated heterocycles. The quantitative estimate of drug-likeness (QED) is 0.805. The third-order valence-corrected chi connectivity index (χ3v) is 5.58. The number of fused-ring (bicyclic) bond motifs is 1. The molecule has 2 aromatic carbocycles. The highest BCUT2D eigenvalue weighted by molar-refractivity contribution is 7.93. The molecule has 0 aromatic heterocycles. The topological polar surface area (TPSA) is 54.5 Å². The molecule has 23 heavy (non-hydrogen) atoms. The number of anilines is 1. The summed E-state index contributed by atoms with van der Waals surface area (Å²) in [5, 5.41) is 0. The molecule has 0 fully saturated rings. The second-order valence-electron chi connectivity index (χ2n) is 6.79. The zero-order chi connectivity index (χ0) is 16.8. The van der Waals surface area contributed by atoms with Crippen LogP contribution in [0.5, 0.6) is 0 Å². The van der Waals surface area contributed by atoms with Crippen LogP contribution in [0.1, 0.15) is 42.3 Å². The van der Waals surface area contributed by atoms with Crippen LogP contribution in [0.15, 0.2) is 48.5 Å². The van der Waals surface area contributed by atoms with Gasteiger partial charge in [0.25, 0.3) is 5.91 Å². The zero-order valence-electron chi connectivity index (χ0n) is 13.4. The van der Waals surface area contributed by atoms with E-state index in [4.69, 9.17) is 0 Å². The van der Waals surface area contributed by atoms with Crippen molar-refractivity contribution in [2.24, 2.45) is 0 Å². The maximum absolute atomic E-state index is 12.7. The van der Waals surface area contributed by atoms with E-state index in [2.05, 4.69) is 20.8 Å². The summed E-state index contributed by atoms with van der Waals surface area (Å²) in [6.45, 7) is 6.22. The molecule has 0 aliphatic carbocycles. The number of hydrogen-bond donors (Lipinski definition) is 0. The van der Waals surface area contributed by atoms with Crippen molar-refractivity contribution in [2.75, 3.05) is 4.31 Å². The lowest BCUT2D eigenvalue weighted by Crippen LogP contribution is -2.33. The van der Waals surface area contributed by atoms with Gasteiger partial charge in [0.05, 0.1) is 11.4 Å². The predicted octanol–water partition coefficient (Wildman–Crippen LogP) is 3.47. The Morgan fingerprint density at radius 2 is 1.70 bits per heavy atom. The minimum Gasteiger partial charge on any atom is -0.268 e. The summed E-state index contributed by atoms with van der Waals surface area (Å²) in [5.41, 5.74) is 2.49. The van der Waals surface area contributed by atoms with Crippen molar-refractivity contribution >= 4 is 21.6 Å². The zero-order valence-corrected chi connectivity index (χ0v) is 14.2. The largest absolute Gasteiger partial charge is 0.272 e. The van der Waals surface area contributed by atoms with Crippen molar-refractivity contribution in [1.82, 2.24) is 0 Å². The lowest BCUT2D eigenvalue weighted by atomic mass is 9.86. The standard InChI is InChI=1S/C18H19NO3S/c1-18(2,3)15-9-10-16-14(11-15)12-23(21,22)19(16)17(20)13-7-5-4-6-8-13/h4-11H,12H2,1-3H3. The first-order chi connectivity index (χ1) is 10.7. The van der Waals surface area contributed by atoms with Crippen LogP contribution in [0.3, 0.4) is 0 Å². The third kappa shape index (κ3) is 2.77. The number of carbonyl (C=O) groups excluding carboxylic acids is 1. The normalized spacial score (nSPS) is 16.2. The molecule has 2 aromatic rings. The van der Waals surface area contributed by atoms with Gasteiger partial charge in [-0.05, 0) is 34.7 Å². The molecule has 1 aliphatic heterocycles. The van der Waals surface area contributed by atoms with E-state index in [1.165, 1.54) is 0 Å². The van der Waals surface area contributed by atoms with E-state index in [1.807, 2.05) is 12.1 Å². The van der Waals surface area contributed by atoms with Crippen molar-refractivity contribution in [2.45, 2.75) is 31.9 Å². The summed E-state index contributed by atoms with van der Waals surface area (Å²) in [5.74, 6) is -0.641. The fraction of sp³-hybridized carbons (Fsp3) is 0.278. The van der Waals surface area contributed by atoms with Crippen molar-refractivity contribution in [3.8, 4) is 0 Å². The average molecular weight is 329 g/mol. The minimum absolute atomic E-state index is 0.0738. The highest BCUT2D eigenvalue weighted by atomic mass is 32.2. The molecule has 1 amide bonds. The number of rotatable bonds is 1. The van der Waals surface area contributed by atoms with Gasteiger partial charge in [0.1, 0.15) is 0 Å². The van der Waals surface area contributed by atoms with Gasteiger partial charge in [-0.3, -0.25) is 4.79 Å². The highest BCUT2D eigenvalue weighted by Crippen LogP contribution is 2.37. The van der Waals surface area contributed by atoms with Gasteiger partial charge in [-0.2, -0.15) is 0 Å². The fourth-order valence-corrected chi connectivity index (χ4v) is 4.30. The SMILES string of the molecule is CC(C)(C)c1ccc2c(c1)CS(=O)(=O)N2C(=O)c1ccccc1. The molecule has 1 aliphatic rings. The Hall–Kier alpha value is -2.14. The van der Waals surface area contributed by atoms with Crippen LogP contribution in [0.2, 0.25) is 0 Å². The van der Waals surface area contributed by atoms with Crippen molar-refractivity contribution < 1.29 is 13.2 Å². The van der Waals surface area contributed by atoms with Gasteiger partial charge in [0.2, 0.25) is 10.0 Å². The van der Waals surface area contributed by atoms with Gasteiger partial charge in [-0.1, -0.05) is 51.1 Å². The van der Waals surface area contributed by atoms with E-state index < -0.39 is 15.9 Å². The molecule has 0 N–H and O–H groups in total. The maximum Gasteiger partial charge on any atom is 0.272 e. The van der Waals surface area contributed by atoms with E-state index in [0.29, 0.717) is 16.8 Å². The molecule has 3 rings (SSSR count). The van der Waals surface area contributed by atoms with Crippen LogP contribution in [-0.2, 0) is 21.2 Å². The lowest BCUT2D eigenvalue weighted by Gasteiger charge is -2.21. The fourth-order valence-electron chi connectivity index (χ4n) is 2.71. The van der Waals surface area contributed by atoms with Gasteiger partial charge < -0.3 is 0 Å². The second kappa shape index (κ2) is 5.20. The second-order valence-corrected chi connectivity index (χ2v) is 8.60.